The van der Waals surface area contributed by atoms with Gasteiger partial charge in [0.05, 0.1) is 23.6 Å². The number of esters is 1. The molecule has 0 amide bonds. The fraction of sp³-hybridized carbons (Fsp3) is 0.0833. The van der Waals surface area contributed by atoms with Crippen molar-refractivity contribution in [3.05, 3.63) is 97.3 Å². The average molecular weight is 546 g/mol. The summed E-state index contributed by atoms with van der Waals surface area (Å²) < 4.78 is 17.5. The molecule has 1 aliphatic rings. The number of rotatable bonds is 4. The molecule has 0 saturated heterocycles. The lowest BCUT2D eigenvalue weighted by Crippen LogP contribution is -2.21. The summed E-state index contributed by atoms with van der Waals surface area (Å²) in [4.78, 5) is 12.6. The Bertz CT molecular complexity index is 1350. The second-order valence-electron chi connectivity index (χ2n) is 7.02. The number of carbonyl (C=O) groups is 1. The summed E-state index contributed by atoms with van der Waals surface area (Å²) >= 11 is 15.5. The maximum atomic E-state index is 12.6. The van der Waals surface area contributed by atoms with Gasteiger partial charge in [0.15, 0.2) is 0 Å². The molecule has 4 rings (SSSR count). The number of halogens is 3. The highest BCUT2D eigenvalue weighted by atomic mass is 79.9. The van der Waals surface area contributed by atoms with E-state index < -0.39 is 11.9 Å². The molecular formula is C24H15BrCl2N2O4. The van der Waals surface area contributed by atoms with Gasteiger partial charge in [-0.2, -0.15) is 5.26 Å². The predicted molar refractivity (Wildman–Crippen MR) is 128 cm³/mol. The Morgan fingerprint density at radius 2 is 1.91 bits per heavy atom. The van der Waals surface area contributed by atoms with E-state index in [4.69, 9.17) is 43.1 Å². The number of hydrogen-bond donors (Lipinski definition) is 1. The van der Waals surface area contributed by atoms with Gasteiger partial charge in [-0.1, -0.05) is 45.2 Å². The molecule has 6 nitrogen and oxygen atoms in total. The fourth-order valence-electron chi connectivity index (χ4n) is 3.57. The van der Waals surface area contributed by atoms with E-state index >= 15 is 0 Å². The van der Waals surface area contributed by atoms with Crippen LogP contribution in [0, 0.1) is 11.3 Å². The van der Waals surface area contributed by atoms with E-state index in [0.717, 1.165) is 10.0 Å². The lowest BCUT2D eigenvalue weighted by molar-refractivity contribution is 0.0734. The van der Waals surface area contributed by atoms with Crippen LogP contribution in [0.25, 0.3) is 0 Å². The molecule has 2 N–H and O–H groups in total. The summed E-state index contributed by atoms with van der Waals surface area (Å²) in [5.74, 6) is -0.0739. The van der Waals surface area contributed by atoms with E-state index in [9.17, 15) is 10.1 Å². The van der Waals surface area contributed by atoms with Crippen molar-refractivity contribution in [2.45, 2.75) is 5.92 Å². The summed E-state index contributed by atoms with van der Waals surface area (Å²) in [6, 6.07) is 17.0. The topological polar surface area (TPSA) is 94.6 Å². The van der Waals surface area contributed by atoms with Crippen LogP contribution in [0.2, 0.25) is 10.0 Å². The number of nitrogens with zero attached hydrogens (tertiary/aromatic N) is 1. The highest BCUT2D eigenvalue weighted by Crippen LogP contribution is 2.46. The Hall–Kier alpha value is -3.18. The Kier molecular flexibility index (Phi) is 6.52. The minimum atomic E-state index is -0.654. The monoisotopic (exact) mass is 544 g/mol. The number of nitrogens with two attached hydrogens (primary N) is 1. The van der Waals surface area contributed by atoms with Crippen molar-refractivity contribution in [1.82, 2.24) is 0 Å². The van der Waals surface area contributed by atoms with Crippen molar-refractivity contribution in [1.29, 1.82) is 5.26 Å². The molecule has 166 valence electrons. The van der Waals surface area contributed by atoms with Gasteiger partial charge >= 0.3 is 5.97 Å². The number of nitriles is 1. The van der Waals surface area contributed by atoms with Crippen LogP contribution in [0.3, 0.4) is 0 Å². The van der Waals surface area contributed by atoms with Gasteiger partial charge in [-0.25, -0.2) is 4.79 Å². The van der Waals surface area contributed by atoms with Gasteiger partial charge in [0.2, 0.25) is 5.88 Å². The van der Waals surface area contributed by atoms with Crippen LogP contribution in [0.1, 0.15) is 27.4 Å². The Balaban J connectivity index is 1.74. The minimum Gasteiger partial charge on any atom is -0.496 e. The highest BCUT2D eigenvalue weighted by molar-refractivity contribution is 9.10. The molecule has 1 aliphatic heterocycles. The van der Waals surface area contributed by atoms with Gasteiger partial charge in [-0.3, -0.25) is 0 Å². The van der Waals surface area contributed by atoms with Gasteiger partial charge in [0, 0.05) is 26.7 Å². The highest BCUT2D eigenvalue weighted by Gasteiger charge is 2.33. The lowest BCUT2D eigenvalue weighted by Gasteiger charge is -2.27. The number of ether oxygens (including phenoxy) is 3. The molecule has 1 heterocycles. The van der Waals surface area contributed by atoms with Crippen molar-refractivity contribution in [3.63, 3.8) is 0 Å². The zero-order chi connectivity index (χ0) is 23.7. The van der Waals surface area contributed by atoms with E-state index in [1.165, 1.54) is 18.2 Å². The number of fused-ring (bicyclic) bond motifs is 1. The zero-order valence-electron chi connectivity index (χ0n) is 17.1. The Labute approximate surface area is 208 Å². The first-order valence-corrected chi connectivity index (χ1v) is 11.1. The van der Waals surface area contributed by atoms with Crippen LogP contribution < -0.4 is 19.9 Å². The molecule has 33 heavy (non-hydrogen) atoms. The fourth-order valence-corrected chi connectivity index (χ4v) is 4.43. The number of allylic oxidation sites excluding steroid dienone is 1. The summed E-state index contributed by atoms with van der Waals surface area (Å²) in [7, 11) is 1.55. The van der Waals surface area contributed by atoms with Crippen molar-refractivity contribution >= 4 is 45.1 Å². The van der Waals surface area contributed by atoms with Gasteiger partial charge in [-0.05, 0) is 42.5 Å². The quantitative estimate of drug-likeness (QED) is 0.310. The summed E-state index contributed by atoms with van der Waals surface area (Å²) in [6.45, 7) is 0. The van der Waals surface area contributed by atoms with Gasteiger partial charge in [-0.15, -0.1) is 0 Å². The van der Waals surface area contributed by atoms with Crippen LogP contribution in [0.5, 0.6) is 17.2 Å². The molecule has 1 unspecified atom stereocenters. The van der Waals surface area contributed by atoms with Crippen molar-refractivity contribution in [3.8, 4) is 23.3 Å². The molecule has 0 saturated carbocycles. The van der Waals surface area contributed by atoms with Crippen LogP contribution in [-0.4, -0.2) is 13.1 Å². The van der Waals surface area contributed by atoms with E-state index in [1.54, 1.807) is 31.4 Å². The largest absolute Gasteiger partial charge is 0.496 e. The van der Waals surface area contributed by atoms with Crippen LogP contribution in [0.4, 0.5) is 0 Å². The van der Waals surface area contributed by atoms with Gasteiger partial charge in [0.1, 0.15) is 28.9 Å². The van der Waals surface area contributed by atoms with Crippen LogP contribution in [-0.2, 0) is 0 Å². The molecule has 0 fully saturated rings. The Morgan fingerprint density at radius 1 is 1.12 bits per heavy atom. The predicted octanol–water partition coefficient (Wildman–Crippen LogP) is 6.20. The van der Waals surface area contributed by atoms with E-state index in [2.05, 4.69) is 22.0 Å². The molecule has 9 heteroatoms. The summed E-state index contributed by atoms with van der Waals surface area (Å²) in [5.41, 5.74) is 7.90. The molecule has 0 aliphatic carbocycles. The van der Waals surface area contributed by atoms with Crippen molar-refractivity contribution < 1.29 is 19.0 Å². The third-order valence-corrected chi connectivity index (χ3v) is 6.10. The van der Waals surface area contributed by atoms with Gasteiger partial charge < -0.3 is 19.9 Å². The van der Waals surface area contributed by atoms with Crippen molar-refractivity contribution in [2.75, 3.05) is 7.11 Å². The third kappa shape index (κ3) is 4.51. The first-order chi connectivity index (χ1) is 15.8. The molecule has 0 radical (unpaired) electrons. The van der Waals surface area contributed by atoms with Crippen molar-refractivity contribution in [2.24, 2.45) is 5.73 Å². The normalized spacial score (nSPS) is 14.7. The van der Waals surface area contributed by atoms with Crippen LogP contribution in [0.15, 0.2) is 70.5 Å². The summed E-state index contributed by atoms with van der Waals surface area (Å²) in [6.07, 6.45) is 0. The minimum absolute atomic E-state index is 0.0405. The molecular weight excluding hydrogens is 531 g/mol. The van der Waals surface area contributed by atoms with Crippen LogP contribution >= 0.6 is 39.1 Å². The number of methoxy groups -OCH3 is 1. The second-order valence-corrected chi connectivity index (χ2v) is 8.78. The average Bonchev–Trinajstić information content (AvgIpc) is 2.77. The van der Waals surface area contributed by atoms with Gasteiger partial charge in [0.25, 0.3) is 0 Å². The Morgan fingerprint density at radius 3 is 2.61 bits per heavy atom. The summed E-state index contributed by atoms with van der Waals surface area (Å²) in [5, 5.41) is 10.4. The van der Waals surface area contributed by atoms with E-state index in [1.807, 2.05) is 12.1 Å². The molecule has 1 atom stereocenters. The maximum absolute atomic E-state index is 12.6. The number of benzene rings is 3. The third-order valence-electron chi connectivity index (χ3n) is 5.05. The maximum Gasteiger partial charge on any atom is 0.345 e. The lowest BCUT2D eigenvalue weighted by atomic mass is 9.83. The standard InChI is InChI=1S/C24H15BrCl2N2O4/c1-31-20-7-2-12(25)8-17(20)22-16-6-4-14(10-21(16)33-23(29)18(22)11-28)32-24(30)15-5-3-13(26)9-19(15)27/h2-10,22H,29H2,1H3. The van der Waals surface area contributed by atoms with E-state index in [0.29, 0.717) is 22.1 Å². The second kappa shape index (κ2) is 9.36. The van der Waals surface area contributed by atoms with E-state index in [-0.39, 0.29) is 27.8 Å². The SMILES string of the molecule is COc1ccc(Br)cc1C1C(C#N)=C(N)Oc2cc(OC(=O)c3ccc(Cl)cc3Cl)ccc21. The number of carbonyl (C=O) groups excluding carboxylic acids is 1. The molecule has 0 spiro atoms. The molecule has 3 aromatic rings. The zero-order valence-corrected chi connectivity index (χ0v) is 20.2. The molecule has 0 aromatic heterocycles. The number of hydrogen-bond acceptors (Lipinski definition) is 6. The first-order valence-electron chi connectivity index (χ1n) is 9.54. The molecule has 3 aromatic carbocycles. The smallest absolute Gasteiger partial charge is 0.345 e. The first kappa shape index (κ1) is 23.0. The molecule has 0 bridgehead atoms.